The molecule has 0 aliphatic carbocycles. The fourth-order valence-electron chi connectivity index (χ4n) is 1.52. The van der Waals surface area contributed by atoms with Gasteiger partial charge in [-0.3, -0.25) is 5.43 Å². The number of nitrogens with zero attached hydrogens (tertiary/aromatic N) is 1. The molecule has 2 nitrogen and oxygen atoms in total. The number of aryl methyl sites for hydroxylation is 1. The average molecular weight is 279 g/mol. The number of benzene rings is 2. The van der Waals surface area contributed by atoms with Gasteiger partial charge in [0.05, 0.1) is 21.9 Å². The van der Waals surface area contributed by atoms with Crippen LogP contribution in [-0.4, -0.2) is 6.21 Å². The summed E-state index contributed by atoms with van der Waals surface area (Å²) in [7, 11) is 0. The van der Waals surface area contributed by atoms with Gasteiger partial charge in [0.2, 0.25) is 0 Å². The maximum Gasteiger partial charge on any atom is 0.0574 e. The molecular formula is C14H12Cl2N2. The molecule has 0 aliphatic rings. The molecule has 0 fully saturated rings. The summed E-state index contributed by atoms with van der Waals surface area (Å²) >= 11 is 12.1. The van der Waals surface area contributed by atoms with Gasteiger partial charge in [-0.2, -0.15) is 5.10 Å². The molecule has 0 saturated carbocycles. The van der Waals surface area contributed by atoms with Crippen LogP contribution in [0, 0.1) is 6.92 Å². The van der Waals surface area contributed by atoms with E-state index >= 15 is 0 Å². The lowest BCUT2D eigenvalue weighted by molar-refractivity contribution is 1.33. The molecule has 92 valence electrons. The number of nitrogens with one attached hydrogen (secondary N) is 1. The van der Waals surface area contributed by atoms with E-state index in [0.717, 1.165) is 5.69 Å². The highest BCUT2D eigenvalue weighted by molar-refractivity contribution is 6.38. The predicted molar refractivity (Wildman–Crippen MR) is 78.9 cm³/mol. The Kier molecular flexibility index (Phi) is 4.24. The van der Waals surface area contributed by atoms with E-state index in [1.807, 2.05) is 31.2 Å². The number of rotatable bonds is 3. The second-order valence-electron chi connectivity index (χ2n) is 3.87. The summed E-state index contributed by atoms with van der Waals surface area (Å²) in [6.07, 6.45) is 1.62. The van der Waals surface area contributed by atoms with Gasteiger partial charge in [-0.1, -0.05) is 41.4 Å². The maximum absolute atomic E-state index is 6.03. The first-order chi connectivity index (χ1) is 8.66. The van der Waals surface area contributed by atoms with Crippen molar-refractivity contribution in [1.29, 1.82) is 0 Å². The largest absolute Gasteiger partial charge is 0.278 e. The summed E-state index contributed by atoms with van der Waals surface area (Å²) in [5.74, 6) is 0. The Morgan fingerprint density at radius 2 is 1.72 bits per heavy atom. The molecule has 0 saturated heterocycles. The van der Waals surface area contributed by atoms with Crippen molar-refractivity contribution in [3.05, 3.63) is 63.6 Å². The van der Waals surface area contributed by atoms with Gasteiger partial charge in [-0.25, -0.2) is 0 Å². The van der Waals surface area contributed by atoms with Crippen LogP contribution in [-0.2, 0) is 0 Å². The fraction of sp³-hybridized carbons (Fsp3) is 0.0714. The third-order valence-corrected chi connectivity index (χ3v) is 3.06. The molecule has 0 amide bonds. The predicted octanol–water partition coefficient (Wildman–Crippen LogP) is 4.75. The monoisotopic (exact) mass is 278 g/mol. The van der Waals surface area contributed by atoms with Gasteiger partial charge in [0.25, 0.3) is 0 Å². The Hall–Kier alpha value is -1.51. The normalized spacial score (nSPS) is 10.8. The van der Waals surface area contributed by atoms with Crippen LogP contribution in [0.1, 0.15) is 11.1 Å². The first-order valence-corrected chi connectivity index (χ1v) is 6.22. The fourth-order valence-corrected chi connectivity index (χ4v) is 2.02. The zero-order chi connectivity index (χ0) is 13.0. The Balaban J connectivity index is 2.12. The zero-order valence-electron chi connectivity index (χ0n) is 9.82. The van der Waals surface area contributed by atoms with Gasteiger partial charge in [-0.05, 0) is 36.8 Å². The van der Waals surface area contributed by atoms with Crippen LogP contribution in [0.5, 0.6) is 0 Å². The van der Waals surface area contributed by atoms with E-state index in [4.69, 9.17) is 23.2 Å². The molecule has 0 bridgehead atoms. The number of hydrogen-bond donors (Lipinski definition) is 1. The number of anilines is 1. The number of hydrogen-bond acceptors (Lipinski definition) is 2. The Morgan fingerprint density at radius 3 is 2.39 bits per heavy atom. The van der Waals surface area contributed by atoms with Crippen molar-refractivity contribution >= 4 is 35.1 Å². The number of halogens is 2. The Bertz CT molecular complexity index is 560. The van der Waals surface area contributed by atoms with Crippen molar-refractivity contribution in [2.75, 3.05) is 5.43 Å². The topological polar surface area (TPSA) is 24.4 Å². The van der Waals surface area contributed by atoms with Gasteiger partial charge in [0.15, 0.2) is 0 Å². The lowest BCUT2D eigenvalue weighted by atomic mass is 10.2. The highest BCUT2D eigenvalue weighted by atomic mass is 35.5. The highest BCUT2D eigenvalue weighted by Gasteiger charge is 2.01. The summed E-state index contributed by atoms with van der Waals surface area (Å²) < 4.78 is 0. The van der Waals surface area contributed by atoms with E-state index in [9.17, 15) is 0 Å². The van der Waals surface area contributed by atoms with Crippen LogP contribution in [0.15, 0.2) is 47.6 Å². The molecule has 0 unspecified atom stereocenters. The summed E-state index contributed by atoms with van der Waals surface area (Å²) in [5.41, 5.74) is 5.75. The molecule has 0 spiro atoms. The molecule has 0 aliphatic heterocycles. The molecule has 18 heavy (non-hydrogen) atoms. The van der Waals surface area contributed by atoms with Gasteiger partial charge >= 0.3 is 0 Å². The molecule has 1 N–H and O–H groups in total. The van der Waals surface area contributed by atoms with E-state index in [2.05, 4.69) is 10.5 Å². The van der Waals surface area contributed by atoms with Crippen molar-refractivity contribution in [1.82, 2.24) is 0 Å². The number of hydrazone groups is 1. The summed E-state index contributed by atoms with van der Waals surface area (Å²) in [6, 6.07) is 13.3. The minimum absolute atomic E-state index is 0.581. The van der Waals surface area contributed by atoms with Crippen molar-refractivity contribution in [3.63, 3.8) is 0 Å². The highest BCUT2D eigenvalue weighted by Crippen LogP contribution is 2.22. The summed E-state index contributed by atoms with van der Waals surface area (Å²) in [6.45, 7) is 2.03. The van der Waals surface area contributed by atoms with E-state index < -0.39 is 0 Å². The molecule has 0 radical (unpaired) electrons. The first kappa shape index (κ1) is 12.9. The van der Waals surface area contributed by atoms with Crippen molar-refractivity contribution in [3.8, 4) is 0 Å². The lowest BCUT2D eigenvalue weighted by Gasteiger charge is -2.02. The first-order valence-electron chi connectivity index (χ1n) is 5.46. The van der Waals surface area contributed by atoms with E-state index in [1.165, 1.54) is 5.56 Å². The molecule has 2 aromatic rings. The zero-order valence-corrected chi connectivity index (χ0v) is 11.3. The molecule has 0 atom stereocenters. The third-order valence-electron chi connectivity index (χ3n) is 2.41. The summed E-state index contributed by atoms with van der Waals surface area (Å²) in [5, 5.41) is 5.29. The Morgan fingerprint density at radius 1 is 1.06 bits per heavy atom. The third kappa shape index (κ3) is 3.25. The lowest BCUT2D eigenvalue weighted by Crippen LogP contribution is -1.92. The van der Waals surface area contributed by atoms with Crippen molar-refractivity contribution < 1.29 is 0 Å². The SMILES string of the molecule is Cc1cccc(N/N=C\c2c(Cl)cccc2Cl)c1. The van der Waals surface area contributed by atoms with Crippen LogP contribution in [0.3, 0.4) is 0 Å². The standard InChI is InChI=1S/C14H12Cl2N2/c1-10-4-2-5-11(8-10)18-17-9-12-13(15)6-3-7-14(12)16/h2-9,18H,1H3/b17-9-. The molecule has 0 heterocycles. The quantitative estimate of drug-likeness (QED) is 0.636. The van der Waals surface area contributed by atoms with E-state index in [1.54, 1.807) is 24.4 Å². The molecular weight excluding hydrogens is 267 g/mol. The second kappa shape index (κ2) is 5.89. The average Bonchev–Trinajstić information content (AvgIpc) is 2.33. The molecule has 2 aromatic carbocycles. The molecule has 4 heteroatoms. The second-order valence-corrected chi connectivity index (χ2v) is 4.69. The van der Waals surface area contributed by atoms with Gasteiger partial charge in [0, 0.05) is 5.56 Å². The van der Waals surface area contributed by atoms with Crippen LogP contribution in [0.25, 0.3) is 0 Å². The van der Waals surface area contributed by atoms with Gasteiger partial charge < -0.3 is 0 Å². The minimum Gasteiger partial charge on any atom is -0.278 e. The van der Waals surface area contributed by atoms with E-state index in [-0.39, 0.29) is 0 Å². The van der Waals surface area contributed by atoms with E-state index in [0.29, 0.717) is 15.6 Å². The van der Waals surface area contributed by atoms with Crippen LogP contribution >= 0.6 is 23.2 Å². The van der Waals surface area contributed by atoms with Crippen molar-refractivity contribution in [2.45, 2.75) is 6.92 Å². The van der Waals surface area contributed by atoms with Gasteiger partial charge in [-0.15, -0.1) is 0 Å². The minimum atomic E-state index is 0.581. The Labute approximate surface area is 116 Å². The smallest absolute Gasteiger partial charge is 0.0574 e. The van der Waals surface area contributed by atoms with Gasteiger partial charge in [0.1, 0.15) is 0 Å². The van der Waals surface area contributed by atoms with Crippen LogP contribution in [0.2, 0.25) is 10.0 Å². The van der Waals surface area contributed by atoms with Crippen molar-refractivity contribution in [2.24, 2.45) is 5.10 Å². The molecule has 2 rings (SSSR count). The maximum atomic E-state index is 6.03. The van der Waals surface area contributed by atoms with Crippen LogP contribution in [0.4, 0.5) is 5.69 Å². The van der Waals surface area contributed by atoms with Crippen LogP contribution < -0.4 is 5.43 Å². The molecule has 0 aromatic heterocycles. The summed E-state index contributed by atoms with van der Waals surface area (Å²) in [4.78, 5) is 0.